The van der Waals surface area contributed by atoms with Crippen LogP contribution in [0.3, 0.4) is 0 Å². The molecule has 0 bridgehead atoms. The monoisotopic (exact) mass is 319 g/mol. The molecule has 1 rings (SSSR count). The molecule has 130 valence electrons. The Morgan fingerprint density at radius 3 is 2.09 bits per heavy atom. The number of carbonyl (C=O) groups excluding carboxylic acids is 1. The van der Waals surface area contributed by atoms with Gasteiger partial charge in [0.15, 0.2) is 6.10 Å². The van der Waals surface area contributed by atoms with Crippen LogP contribution in [0.5, 0.6) is 5.75 Å². The van der Waals surface area contributed by atoms with Crippen molar-refractivity contribution in [3.8, 4) is 5.75 Å². The van der Waals surface area contributed by atoms with Crippen molar-refractivity contribution in [2.45, 2.75) is 84.7 Å². The average Bonchev–Trinajstić information content (AvgIpc) is 2.51. The van der Waals surface area contributed by atoms with E-state index >= 15 is 0 Å². The summed E-state index contributed by atoms with van der Waals surface area (Å²) in [4.78, 5) is 11.5. The first-order chi connectivity index (χ1) is 10.6. The van der Waals surface area contributed by atoms with Gasteiger partial charge in [-0.25, -0.2) is 0 Å². The summed E-state index contributed by atoms with van der Waals surface area (Å²) >= 11 is 0. The summed E-state index contributed by atoms with van der Waals surface area (Å²) in [5.74, 6) is 0.365. The normalized spacial score (nSPS) is 13.7. The molecule has 0 aliphatic rings. The average molecular weight is 319 g/mol. The van der Waals surface area contributed by atoms with Gasteiger partial charge in [0, 0.05) is 5.56 Å². The van der Waals surface area contributed by atoms with Gasteiger partial charge < -0.3 is 10.5 Å². The van der Waals surface area contributed by atoms with Gasteiger partial charge >= 0.3 is 0 Å². The number of carbonyl (C=O) groups is 1. The van der Waals surface area contributed by atoms with Crippen LogP contribution >= 0.6 is 0 Å². The highest BCUT2D eigenvalue weighted by atomic mass is 16.5. The Balaban J connectivity index is 3.38. The Morgan fingerprint density at radius 2 is 1.65 bits per heavy atom. The van der Waals surface area contributed by atoms with E-state index in [0.717, 1.165) is 24.2 Å². The van der Waals surface area contributed by atoms with Gasteiger partial charge in [-0.2, -0.15) is 0 Å². The summed E-state index contributed by atoms with van der Waals surface area (Å²) in [6.45, 7) is 15.2. The number of benzene rings is 1. The second-order valence-electron chi connectivity index (χ2n) is 7.60. The molecule has 0 saturated carbocycles. The first-order valence-electron chi connectivity index (χ1n) is 8.70. The van der Waals surface area contributed by atoms with Crippen LogP contribution in [0.15, 0.2) is 18.2 Å². The van der Waals surface area contributed by atoms with Crippen LogP contribution < -0.4 is 10.5 Å². The van der Waals surface area contributed by atoms with E-state index in [1.807, 2.05) is 13.0 Å². The van der Waals surface area contributed by atoms with Crippen molar-refractivity contribution in [2.75, 3.05) is 0 Å². The van der Waals surface area contributed by atoms with Crippen LogP contribution in [-0.4, -0.2) is 12.0 Å². The number of hydrogen-bond donors (Lipinski definition) is 1. The van der Waals surface area contributed by atoms with E-state index in [9.17, 15) is 4.79 Å². The Labute approximate surface area is 141 Å². The van der Waals surface area contributed by atoms with Crippen molar-refractivity contribution in [1.29, 1.82) is 0 Å². The smallest absolute Gasteiger partial charge is 0.258 e. The molecule has 0 aliphatic heterocycles. The van der Waals surface area contributed by atoms with Gasteiger partial charge in [0.1, 0.15) is 5.75 Å². The fourth-order valence-corrected chi connectivity index (χ4v) is 2.47. The molecule has 1 atom stereocenters. The van der Waals surface area contributed by atoms with E-state index in [-0.39, 0.29) is 10.8 Å². The highest BCUT2D eigenvalue weighted by Gasteiger charge is 2.28. The van der Waals surface area contributed by atoms with Gasteiger partial charge in [0.2, 0.25) is 0 Å². The molecule has 0 aromatic heterocycles. The van der Waals surface area contributed by atoms with Gasteiger partial charge in [-0.3, -0.25) is 4.79 Å². The van der Waals surface area contributed by atoms with Gasteiger partial charge in [0.25, 0.3) is 5.91 Å². The van der Waals surface area contributed by atoms with Crippen molar-refractivity contribution in [3.05, 3.63) is 29.3 Å². The minimum absolute atomic E-state index is 0.0227. The summed E-state index contributed by atoms with van der Waals surface area (Å²) in [7, 11) is 0. The fourth-order valence-electron chi connectivity index (χ4n) is 2.47. The summed E-state index contributed by atoms with van der Waals surface area (Å²) < 4.78 is 5.97. The van der Waals surface area contributed by atoms with Crippen LogP contribution in [0.1, 0.15) is 78.9 Å². The van der Waals surface area contributed by atoms with Crippen molar-refractivity contribution in [2.24, 2.45) is 5.73 Å². The first kappa shape index (κ1) is 19.5. The molecule has 2 N–H and O–H groups in total. The van der Waals surface area contributed by atoms with Crippen molar-refractivity contribution < 1.29 is 9.53 Å². The van der Waals surface area contributed by atoms with Crippen LogP contribution in [0.2, 0.25) is 0 Å². The van der Waals surface area contributed by atoms with Gasteiger partial charge in [0.05, 0.1) is 0 Å². The third kappa shape index (κ3) is 4.49. The lowest BCUT2D eigenvalue weighted by molar-refractivity contribution is -0.124. The number of ether oxygens (including phenoxy) is 1. The Bertz CT molecular complexity index is 547. The van der Waals surface area contributed by atoms with Crippen molar-refractivity contribution in [1.82, 2.24) is 0 Å². The number of nitrogens with two attached hydrogens (primary N) is 1. The molecule has 1 unspecified atom stereocenters. The van der Waals surface area contributed by atoms with Crippen molar-refractivity contribution >= 4 is 5.91 Å². The molecule has 3 nitrogen and oxygen atoms in total. The van der Waals surface area contributed by atoms with Crippen LogP contribution in [0.4, 0.5) is 0 Å². The van der Waals surface area contributed by atoms with E-state index < -0.39 is 12.0 Å². The SMILES string of the molecule is CCC(Oc1ccc(C(C)(C)CC)cc1C(C)(C)CC)C(N)=O. The molecule has 23 heavy (non-hydrogen) atoms. The Kier molecular flexibility index (Phi) is 6.26. The maximum atomic E-state index is 11.5. The predicted molar refractivity (Wildman–Crippen MR) is 97.0 cm³/mol. The van der Waals surface area contributed by atoms with Crippen molar-refractivity contribution in [3.63, 3.8) is 0 Å². The van der Waals surface area contributed by atoms with E-state index in [1.54, 1.807) is 0 Å². The standard InChI is InChI=1S/C20H33NO2/c1-8-16(18(21)22)23-17-12-11-14(19(4,5)9-2)13-15(17)20(6,7)10-3/h11-13,16H,8-10H2,1-7H3,(H2,21,22). The molecule has 1 aromatic rings. The minimum Gasteiger partial charge on any atom is -0.480 e. The van der Waals surface area contributed by atoms with Crippen LogP contribution in [-0.2, 0) is 15.6 Å². The summed E-state index contributed by atoms with van der Waals surface area (Å²) in [5, 5.41) is 0. The first-order valence-corrected chi connectivity index (χ1v) is 8.70. The Hall–Kier alpha value is -1.51. The largest absolute Gasteiger partial charge is 0.480 e. The van der Waals surface area contributed by atoms with E-state index in [4.69, 9.17) is 10.5 Å². The van der Waals surface area contributed by atoms with Gasteiger partial charge in [-0.1, -0.05) is 60.6 Å². The molecular weight excluding hydrogens is 286 g/mol. The zero-order valence-electron chi connectivity index (χ0n) is 15.8. The maximum absolute atomic E-state index is 11.5. The summed E-state index contributed by atoms with van der Waals surface area (Å²) in [6.07, 6.45) is 2.06. The Morgan fingerprint density at radius 1 is 1.09 bits per heavy atom. The topological polar surface area (TPSA) is 52.3 Å². The molecule has 0 heterocycles. The molecule has 0 aliphatic carbocycles. The lowest BCUT2D eigenvalue weighted by Gasteiger charge is -2.31. The van der Waals surface area contributed by atoms with Crippen LogP contribution in [0.25, 0.3) is 0 Å². The fraction of sp³-hybridized carbons (Fsp3) is 0.650. The summed E-state index contributed by atoms with van der Waals surface area (Å²) in [5.41, 5.74) is 7.99. The zero-order valence-corrected chi connectivity index (χ0v) is 15.8. The molecule has 0 radical (unpaired) electrons. The highest BCUT2D eigenvalue weighted by Crippen LogP contribution is 2.38. The molecule has 0 spiro atoms. The number of amides is 1. The highest BCUT2D eigenvalue weighted by molar-refractivity contribution is 5.79. The minimum atomic E-state index is -0.577. The second-order valence-corrected chi connectivity index (χ2v) is 7.60. The third-order valence-electron chi connectivity index (χ3n) is 5.22. The zero-order chi connectivity index (χ0) is 17.8. The second kappa shape index (κ2) is 7.37. The lowest BCUT2D eigenvalue weighted by atomic mass is 9.76. The van der Waals surface area contributed by atoms with Gasteiger partial charge in [-0.15, -0.1) is 0 Å². The molecule has 1 aromatic carbocycles. The molecule has 1 amide bonds. The molecule has 0 fully saturated rings. The number of primary amides is 1. The number of hydrogen-bond acceptors (Lipinski definition) is 2. The van der Waals surface area contributed by atoms with Crippen LogP contribution in [0, 0.1) is 0 Å². The lowest BCUT2D eigenvalue weighted by Crippen LogP contribution is -2.34. The van der Waals surface area contributed by atoms with E-state index in [0.29, 0.717) is 6.42 Å². The van der Waals surface area contributed by atoms with Gasteiger partial charge in [-0.05, 0) is 41.7 Å². The summed E-state index contributed by atoms with van der Waals surface area (Å²) in [6, 6.07) is 6.36. The maximum Gasteiger partial charge on any atom is 0.258 e. The number of rotatable bonds is 8. The predicted octanol–water partition coefficient (Wildman–Crippen LogP) is 4.70. The molecular formula is C20H33NO2. The third-order valence-corrected chi connectivity index (χ3v) is 5.22. The molecule has 0 saturated heterocycles. The quantitative estimate of drug-likeness (QED) is 0.754. The van der Waals surface area contributed by atoms with E-state index in [1.165, 1.54) is 5.56 Å². The molecule has 3 heteroatoms. The van der Waals surface area contributed by atoms with E-state index in [2.05, 4.69) is 53.7 Å².